The molecule has 2 rings (SSSR count). The van der Waals surface area contributed by atoms with Gasteiger partial charge in [-0.05, 0) is 60.3 Å². The lowest BCUT2D eigenvalue weighted by molar-refractivity contribution is -0.205. The van der Waals surface area contributed by atoms with Crippen LogP contribution in [-0.2, 0) is 14.3 Å². The molecule has 0 aromatic rings. The highest BCUT2D eigenvalue weighted by atomic mass is 16.5. The Balaban J connectivity index is 2.42. The molecule has 0 atom stereocenters. The molecule has 0 aromatic carbocycles. The topological polar surface area (TPSA) is 67.8 Å². The van der Waals surface area contributed by atoms with Crippen molar-refractivity contribution < 1.29 is 19.4 Å². The molecule has 0 spiro atoms. The summed E-state index contributed by atoms with van der Waals surface area (Å²) in [6.07, 6.45) is 2.10. The Morgan fingerprint density at radius 1 is 1.14 bits per heavy atom. The van der Waals surface area contributed by atoms with Crippen molar-refractivity contribution in [2.45, 2.75) is 77.0 Å². The summed E-state index contributed by atoms with van der Waals surface area (Å²) < 4.78 is 10.8. The van der Waals surface area contributed by atoms with Gasteiger partial charge in [0.25, 0.3) is 0 Å². The number of carbonyl (C=O) groups is 1. The fourth-order valence-electron chi connectivity index (χ4n) is 4.72. The minimum absolute atomic E-state index is 0.242. The SMILES string of the molecule is CCOC(=O)C1(C2(O)CC(C)(C)NC(C)(C)C2)CCOCC1. The zero-order valence-corrected chi connectivity index (χ0v) is 14.6. The molecular formula is C17H31NO4. The van der Waals surface area contributed by atoms with E-state index in [0.29, 0.717) is 45.5 Å². The van der Waals surface area contributed by atoms with Crippen molar-refractivity contribution in [1.82, 2.24) is 5.32 Å². The lowest BCUT2D eigenvalue weighted by Gasteiger charge is -2.57. The molecule has 128 valence electrons. The van der Waals surface area contributed by atoms with E-state index in [1.807, 2.05) is 6.92 Å². The molecule has 5 heteroatoms. The molecule has 2 aliphatic rings. The zero-order chi connectivity index (χ0) is 16.6. The Bertz CT molecular complexity index is 408. The maximum Gasteiger partial charge on any atom is 0.315 e. The molecule has 22 heavy (non-hydrogen) atoms. The first-order chi connectivity index (χ1) is 10.1. The average molecular weight is 313 g/mol. The predicted octanol–water partition coefficient (Wildman–Crippen LogP) is 2.02. The molecule has 0 unspecified atom stereocenters. The molecule has 0 aliphatic carbocycles. The summed E-state index contributed by atoms with van der Waals surface area (Å²) in [5.41, 5.74) is -2.43. The highest BCUT2D eigenvalue weighted by Gasteiger charge is 2.62. The van der Waals surface area contributed by atoms with Gasteiger partial charge in [-0.25, -0.2) is 0 Å². The number of hydrogen-bond donors (Lipinski definition) is 2. The van der Waals surface area contributed by atoms with E-state index in [2.05, 4.69) is 33.0 Å². The molecule has 0 aromatic heterocycles. The van der Waals surface area contributed by atoms with Gasteiger partial charge in [-0.3, -0.25) is 4.79 Å². The first-order valence-electron chi connectivity index (χ1n) is 8.33. The van der Waals surface area contributed by atoms with Crippen LogP contribution >= 0.6 is 0 Å². The first kappa shape index (κ1) is 17.7. The van der Waals surface area contributed by atoms with Gasteiger partial charge in [0.05, 0.1) is 12.2 Å². The van der Waals surface area contributed by atoms with Gasteiger partial charge in [0.15, 0.2) is 0 Å². The van der Waals surface area contributed by atoms with E-state index >= 15 is 0 Å². The third-order valence-electron chi connectivity index (χ3n) is 5.05. The van der Waals surface area contributed by atoms with E-state index < -0.39 is 11.0 Å². The van der Waals surface area contributed by atoms with Crippen LogP contribution in [0.25, 0.3) is 0 Å². The Morgan fingerprint density at radius 3 is 2.09 bits per heavy atom. The summed E-state index contributed by atoms with van der Waals surface area (Å²) in [4.78, 5) is 12.8. The molecule has 2 fully saturated rings. The van der Waals surface area contributed by atoms with Crippen molar-refractivity contribution in [1.29, 1.82) is 0 Å². The normalized spacial score (nSPS) is 28.8. The van der Waals surface area contributed by atoms with Crippen LogP contribution in [0, 0.1) is 5.41 Å². The summed E-state index contributed by atoms with van der Waals surface area (Å²) in [6.45, 7) is 11.5. The molecule has 0 saturated carbocycles. The van der Waals surface area contributed by atoms with E-state index in [4.69, 9.17) is 9.47 Å². The van der Waals surface area contributed by atoms with Crippen molar-refractivity contribution in [2.75, 3.05) is 19.8 Å². The molecule has 2 aliphatic heterocycles. The van der Waals surface area contributed by atoms with E-state index in [0.717, 1.165) is 0 Å². The molecule has 0 bridgehead atoms. The monoisotopic (exact) mass is 313 g/mol. The summed E-state index contributed by atoms with van der Waals surface area (Å²) in [6, 6.07) is 0. The van der Waals surface area contributed by atoms with Gasteiger partial charge in [0, 0.05) is 24.3 Å². The average Bonchev–Trinajstić information content (AvgIpc) is 2.35. The number of hydrogen-bond acceptors (Lipinski definition) is 5. The second kappa shape index (κ2) is 5.77. The van der Waals surface area contributed by atoms with Crippen molar-refractivity contribution in [3.05, 3.63) is 0 Å². The van der Waals surface area contributed by atoms with Gasteiger partial charge in [0.1, 0.15) is 5.41 Å². The fourth-order valence-corrected chi connectivity index (χ4v) is 4.72. The van der Waals surface area contributed by atoms with E-state index in [1.54, 1.807) is 0 Å². The van der Waals surface area contributed by atoms with Crippen LogP contribution in [0.4, 0.5) is 0 Å². The largest absolute Gasteiger partial charge is 0.465 e. The van der Waals surface area contributed by atoms with Crippen LogP contribution < -0.4 is 5.32 Å². The van der Waals surface area contributed by atoms with E-state index in [1.165, 1.54) is 0 Å². The van der Waals surface area contributed by atoms with Crippen molar-refractivity contribution in [3.8, 4) is 0 Å². The molecule has 2 heterocycles. The molecule has 2 saturated heterocycles. The standard InChI is InChI=1S/C17H31NO4/c1-6-22-13(19)16(7-9-21-10-8-16)17(20)11-14(2,3)18-15(4,5)12-17/h18,20H,6-12H2,1-5H3. The van der Waals surface area contributed by atoms with Crippen LogP contribution in [0.1, 0.15) is 60.3 Å². The van der Waals surface area contributed by atoms with Crippen molar-refractivity contribution in [3.63, 3.8) is 0 Å². The second-order valence-electron chi connectivity index (χ2n) is 8.19. The second-order valence-corrected chi connectivity index (χ2v) is 8.19. The summed E-state index contributed by atoms with van der Waals surface area (Å²) in [5.74, 6) is -0.269. The number of esters is 1. The van der Waals surface area contributed by atoms with E-state index in [-0.39, 0.29) is 17.0 Å². The van der Waals surface area contributed by atoms with E-state index in [9.17, 15) is 9.90 Å². The maximum absolute atomic E-state index is 12.8. The minimum atomic E-state index is -1.08. The van der Waals surface area contributed by atoms with Gasteiger partial charge in [-0.2, -0.15) is 0 Å². The van der Waals surface area contributed by atoms with Crippen LogP contribution in [0.15, 0.2) is 0 Å². The number of rotatable bonds is 3. The van der Waals surface area contributed by atoms with Gasteiger partial charge < -0.3 is 19.9 Å². The number of ether oxygens (including phenoxy) is 2. The van der Waals surface area contributed by atoms with Crippen LogP contribution in [-0.4, -0.2) is 47.6 Å². The number of carbonyl (C=O) groups excluding carboxylic acids is 1. The Morgan fingerprint density at radius 2 is 1.64 bits per heavy atom. The van der Waals surface area contributed by atoms with Crippen molar-refractivity contribution in [2.24, 2.45) is 5.41 Å². The lowest BCUT2D eigenvalue weighted by Crippen LogP contribution is -2.70. The Labute approximate surface area is 133 Å². The number of piperidine rings is 1. The van der Waals surface area contributed by atoms with Gasteiger partial charge in [-0.15, -0.1) is 0 Å². The third-order valence-corrected chi connectivity index (χ3v) is 5.05. The summed E-state index contributed by atoms with van der Waals surface area (Å²) >= 11 is 0. The highest BCUT2D eigenvalue weighted by Crippen LogP contribution is 2.51. The quantitative estimate of drug-likeness (QED) is 0.780. The molecule has 0 radical (unpaired) electrons. The van der Waals surface area contributed by atoms with Gasteiger partial charge in [-0.1, -0.05) is 0 Å². The fraction of sp³-hybridized carbons (Fsp3) is 0.941. The maximum atomic E-state index is 12.8. The van der Waals surface area contributed by atoms with Crippen LogP contribution in [0.3, 0.4) is 0 Å². The molecule has 0 amide bonds. The summed E-state index contributed by atoms with van der Waals surface area (Å²) in [7, 11) is 0. The predicted molar refractivity (Wildman–Crippen MR) is 84.6 cm³/mol. The molecule has 2 N–H and O–H groups in total. The first-order valence-corrected chi connectivity index (χ1v) is 8.33. The van der Waals surface area contributed by atoms with Crippen LogP contribution in [0.2, 0.25) is 0 Å². The highest BCUT2D eigenvalue weighted by molar-refractivity contribution is 5.79. The summed E-state index contributed by atoms with van der Waals surface area (Å²) in [5, 5.41) is 15.2. The number of nitrogens with one attached hydrogen (secondary N) is 1. The minimum Gasteiger partial charge on any atom is -0.465 e. The van der Waals surface area contributed by atoms with Gasteiger partial charge in [0.2, 0.25) is 0 Å². The third kappa shape index (κ3) is 3.17. The smallest absolute Gasteiger partial charge is 0.315 e. The Kier molecular flexibility index (Phi) is 4.64. The van der Waals surface area contributed by atoms with Crippen LogP contribution in [0.5, 0.6) is 0 Å². The Hall–Kier alpha value is -0.650. The molecular weight excluding hydrogens is 282 g/mol. The lowest BCUT2D eigenvalue weighted by atomic mass is 9.57. The molecule has 5 nitrogen and oxygen atoms in total. The zero-order valence-electron chi connectivity index (χ0n) is 14.6. The van der Waals surface area contributed by atoms with Crippen molar-refractivity contribution >= 4 is 5.97 Å². The number of aliphatic hydroxyl groups is 1. The van der Waals surface area contributed by atoms with Gasteiger partial charge >= 0.3 is 5.97 Å².